The summed E-state index contributed by atoms with van der Waals surface area (Å²) in [6.07, 6.45) is 3.68. The third-order valence-corrected chi connectivity index (χ3v) is 6.12. The van der Waals surface area contributed by atoms with Gasteiger partial charge in [-0.2, -0.15) is 0 Å². The number of thiophene rings is 1. The van der Waals surface area contributed by atoms with E-state index < -0.39 is 0 Å². The minimum atomic E-state index is -0.183. The molecule has 0 amide bonds. The number of rotatable bonds is 5. The summed E-state index contributed by atoms with van der Waals surface area (Å²) in [7, 11) is 4.14. The average Bonchev–Trinajstić information content (AvgIpc) is 2.99. The number of hydrogen-bond donors (Lipinski definition) is 1. The van der Waals surface area contributed by atoms with E-state index in [4.69, 9.17) is 0 Å². The van der Waals surface area contributed by atoms with Crippen molar-refractivity contribution in [3.63, 3.8) is 0 Å². The number of nitrogens with zero attached hydrogens (tertiary/aromatic N) is 1. The van der Waals surface area contributed by atoms with Gasteiger partial charge in [-0.25, -0.2) is 4.39 Å². The van der Waals surface area contributed by atoms with Crippen LogP contribution in [-0.2, 0) is 6.42 Å². The fraction of sp³-hybridized carbons (Fsp3) is 0.500. The first-order chi connectivity index (χ1) is 11.5. The first-order valence-corrected chi connectivity index (χ1v) is 9.54. The van der Waals surface area contributed by atoms with Crippen molar-refractivity contribution in [2.24, 2.45) is 5.92 Å². The molecule has 1 heterocycles. The Bertz CT molecular complexity index is 652. The molecule has 1 aromatic carbocycles. The van der Waals surface area contributed by atoms with Crippen LogP contribution in [0.4, 0.5) is 4.39 Å². The van der Waals surface area contributed by atoms with Crippen LogP contribution in [0.5, 0.6) is 0 Å². The Morgan fingerprint density at radius 2 is 1.92 bits per heavy atom. The molecule has 3 atom stereocenters. The first kappa shape index (κ1) is 17.6. The molecule has 130 valence electrons. The van der Waals surface area contributed by atoms with Gasteiger partial charge in [0.25, 0.3) is 0 Å². The summed E-state index contributed by atoms with van der Waals surface area (Å²) in [5.41, 5.74) is 2.51. The lowest BCUT2D eigenvalue weighted by atomic mass is 9.77. The molecule has 0 bridgehead atoms. The van der Waals surface area contributed by atoms with Crippen LogP contribution < -0.4 is 0 Å². The molecule has 24 heavy (non-hydrogen) atoms. The largest absolute Gasteiger partial charge is 0.393 e. The Balaban J connectivity index is 1.73. The minimum absolute atomic E-state index is 0.177. The predicted octanol–water partition coefficient (Wildman–Crippen LogP) is 4.28. The van der Waals surface area contributed by atoms with Crippen molar-refractivity contribution < 1.29 is 9.50 Å². The molecule has 0 aliphatic heterocycles. The maximum absolute atomic E-state index is 13.1. The van der Waals surface area contributed by atoms with Crippen molar-refractivity contribution in [2.45, 2.75) is 37.7 Å². The third kappa shape index (κ3) is 4.24. The van der Waals surface area contributed by atoms with Crippen LogP contribution in [-0.4, -0.2) is 36.8 Å². The number of benzene rings is 1. The highest BCUT2D eigenvalue weighted by Crippen LogP contribution is 2.40. The second kappa shape index (κ2) is 7.77. The predicted molar refractivity (Wildman–Crippen MR) is 98.2 cm³/mol. The topological polar surface area (TPSA) is 23.5 Å². The van der Waals surface area contributed by atoms with E-state index in [0.29, 0.717) is 11.8 Å². The fourth-order valence-corrected chi connectivity index (χ4v) is 4.90. The van der Waals surface area contributed by atoms with E-state index in [1.165, 1.54) is 22.6 Å². The zero-order valence-electron chi connectivity index (χ0n) is 14.4. The Morgan fingerprint density at radius 3 is 2.62 bits per heavy atom. The van der Waals surface area contributed by atoms with Gasteiger partial charge in [-0.3, -0.25) is 0 Å². The molecule has 0 radical (unpaired) electrons. The second-order valence-electron chi connectivity index (χ2n) is 7.21. The van der Waals surface area contributed by atoms with E-state index in [1.54, 1.807) is 0 Å². The van der Waals surface area contributed by atoms with E-state index in [1.807, 2.05) is 23.5 Å². The Morgan fingerprint density at radius 1 is 1.17 bits per heavy atom. The van der Waals surface area contributed by atoms with Crippen LogP contribution in [0.25, 0.3) is 0 Å². The molecular weight excluding hydrogens is 321 g/mol. The molecule has 3 unspecified atom stereocenters. The van der Waals surface area contributed by atoms with Gasteiger partial charge in [-0.1, -0.05) is 12.1 Å². The van der Waals surface area contributed by atoms with Crippen LogP contribution >= 0.6 is 11.3 Å². The molecule has 2 aromatic rings. The Hall–Kier alpha value is -1.23. The minimum Gasteiger partial charge on any atom is -0.393 e. The van der Waals surface area contributed by atoms with Crippen LogP contribution in [0.1, 0.15) is 41.2 Å². The van der Waals surface area contributed by atoms with Crippen molar-refractivity contribution >= 4 is 11.3 Å². The molecular formula is C20H26FNOS. The molecule has 4 heteroatoms. The highest BCUT2D eigenvalue weighted by atomic mass is 32.1. The van der Waals surface area contributed by atoms with Crippen molar-refractivity contribution in [2.75, 3.05) is 20.6 Å². The Kier molecular flexibility index (Phi) is 5.69. The van der Waals surface area contributed by atoms with E-state index in [0.717, 1.165) is 37.8 Å². The summed E-state index contributed by atoms with van der Waals surface area (Å²) >= 11 is 1.83. The quantitative estimate of drug-likeness (QED) is 0.872. The number of aliphatic hydroxyl groups excluding tert-OH is 1. The molecule has 1 fully saturated rings. The molecule has 1 saturated carbocycles. The number of halogens is 1. The molecule has 1 N–H and O–H groups in total. The maximum atomic E-state index is 13.1. The van der Waals surface area contributed by atoms with Gasteiger partial charge in [0.05, 0.1) is 6.10 Å². The molecule has 3 rings (SSSR count). The van der Waals surface area contributed by atoms with Crippen molar-refractivity contribution in [3.8, 4) is 0 Å². The summed E-state index contributed by atoms with van der Waals surface area (Å²) < 4.78 is 13.1. The van der Waals surface area contributed by atoms with Gasteiger partial charge in [0, 0.05) is 11.4 Å². The lowest BCUT2D eigenvalue weighted by Gasteiger charge is -2.35. The zero-order valence-corrected chi connectivity index (χ0v) is 15.2. The SMILES string of the molecule is CN(C)CC1CC(c2sccc2Cc2ccc(F)cc2)CCC1O. The van der Waals surface area contributed by atoms with E-state index >= 15 is 0 Å². The molecule has 0 saturated heterocycles. The first-order valence-electron chi connectivity index (χ1n) is 8.66. The zero-order chi connectivity index (χ0) is 17.1. The highest BCUT2D eigenvalue weighted by Gasteiger charge is 2.31. The molecule has 1 aromatic heterocycles. The standard InChI is InChI=1S/C20H26FNOS/c1-22(2)13-17-12-15(5-8-19(17)23)20-16(9-10-24-20)11-14-3-6-18(21)7-4-14/h3-4,6-7,9-10,15,17,19,23H,5,8,11-13H2,1-2H3. The van der Waals surface area contributed by atoms with E-state index in [2.05, 4.69) is 30.4 Å². The van der Waals surface area contributed by atoms with Crippen LogP contribution in [0.2, 0.25) is 0 Å². The van der Waals surface area contributed by atoms with Crippen molar-refractivity contribution in [1.29, 1.82) is 0 Å². The molecule has 2 nitrogen and oxygen atoms in total. The van der Waals surface area contributed by atoms with Gasteiger partial charge in [-0.15, -0.1) is 11.3 Å². The maximum Gasteiger partial charge on any atom is 0.123 e. The lowest BCUT2D eigenvalue weighted by Crippen LogP contribution is -2.35. The summed E-state index contributed by atoms with van der Waals surface area (Å²) in [5.74, 6) is 0.699. The van der Waals surface area contributed by atoms with Gasteiger partial charge in [0.2, 0.25) is 0 Å². The molecule has 0 spiro atoms. The number of aliphatic hydroxyl groups is 1. The normalized spacial score (nSPS) is 24.5. The van der Waals surface area contributed by atoms with E-state index in [9.17, 15) is 9.50 Å². The molecule has 1 aliphatic rings. The third-order valence-electron chi connectivity index (χ3n) is 5.00. The average molecular weight is 347 g/mol. The van der Waals surface area contributed by atoms with Gasteiger partial charge in [0.15, 0.2) is 0 Å². The smallest absolute Gasteiger partial charge is 0.123 e. The lowest BCUT2D eigenvalue weighted by molar-refractivity contribution is 0.0483. The number of hydrogen-bond acceptors (Lipinski definition) is 3. The van der Waals surface area contributed by atoms with Crippen LogP contribution in [0.3, 0.4) is 0 Å². The van der Waals surface area contributed by atoms with E-state index in [-0.39, 0.29) is 11.9 Å². The fourth-order valence-electron chi connectivity index (χ4n) is 3.83. The highest BCUT2D eigenvalue weighted by molar-refractivity contribution is 7.10. The second-order valence-corrected chi connectivity index (χ2v) is 8.16. The molecule has 1 aliphatic carbocycles. The van der Waals surface area contributed by atoms with Gasteiger partial charge < -0.3 is 10.0 Å². The van der Waals surface area contributed by atoms with Gasteiger partial charge in [-0.05, 0) is 86.3 Å². The van der Waals surface area contributed by atoms with Crippen molar-refractivity contribution in [3.05, 3.63) is 57.5 Å². The summed E-state index contributed by atoms with van der Waals surface area (Å²) in [6.45, 7) is 0.941. The van der Waals surface area contributed by atoms with Gasteiger partial charge in [0.1, 0.15) is 5.82 Å². The van der Waals surface area contributed by atoms with Crippen molar-refractivity contribution in [1.82, 2.24) is 4.90 Å². The summed E-state index contributed by atoms with van der Waals surface area (Å²) in [5, 5.41) is 12.5. The van der Waals surface area contributed by atoms with Crippen LogP contribution in [0.15, 0.2) is 35.7 Å². The van der Waals surface area contributed by atoms with Gasteiger partial charge >= 0.3 is 0 Å². The summed E-state index contributed by atoms with van der Waals surface area (Å²) in [6, 6.07) is 9.01. The summed E-state index contributed by atoms with van der Waals surface area (Å²) in [4.78, 5) is 3.62. The Labute approximate surface area is 147 Å². The van der Waals surface area contributed by atoms with Crippen LogP contribution in [0, 0.1) is 11.7 Å². The monoisotopic (exact) mass is 347 g/mol.